The van der Waals surface area contributed by atoms with Crippen molar-refractivity contribution >= 4 is 57.2 Å². The molecular formula is C19H16Cl2N4O3S. The quantitative estimate of drug-likeness (QED) is 0.569. The van der Waals surface area contributed by atoms with Gasteiger partial charge < -0.3 is 10.1 Å². The lowest BCUT2D eigenvalue weighted by Crippen LogP contribution is -2.14. The van der Waals surface area contributed by atoms with Gasteiger partial charge in [-0.1, -0.05) is 46.7 Å². The van der Waals surface area contributed by atoms with Crippen molar-refractivity contribution in [2.24, 2.45) is 0 Å². The van der Waals surface area contributed by atoms with Gasteiger partial charge in [0.15, 0.2) is 0 Å². The fraction of sp³-hybridized carbons (Fsp3) is 0.158. The summed E-state index contributed by atoms with van der Waals surface area (Å²) in [5.41, 5.74) is 1.60. The predicted octanol–water partition coefficient (Wildman–Crippen LogP) is 4.66. The van der Waals surface area contributed by atoms with Crippen molar-refractivity contribution in [1.29, 1.82) is 0 Å². The Morgan fingerprint density at radius 2 is 1.83 bits per heavy atom. The first-order chi connectivity index (χ1) is 13.9. The lowest BCUT2D eigenvalue weighted by Gasteiger charge is -2.12. The Kier molecular flexibility index (Phi) is 6.68. The molecule has 3 aromatic rings. The van der Waals surface area contributed by atoms with E-state index in [0.717, 1.165) is 10.6 Å². The van der Waals surface area contributed by atoms with E-state index in [2.05, 4.69) is 20.8 Å². The zero-order chi connectivity index (χ0) is 21.0. The van der Waals surface area contributed by atoms with Crippen molar-refractivity contribution in [2.75, 3.05) is 17.7 Å². The molecule has 0 bridgehead atoms. The monoisotopic (exact) mass is 450 g/mol. The Morgan fingerprint density at radius 1 is 1.10 bits per heavy atom. The average Bonchev–Trinajstić information content (AvgIpc) is 3.11. The Bertz CT molecular complexity index is 1050. The zero-order valence-electron chi connectivity index (χ0n) is 15.5. The Balaban J connectivity index is 1.75. The van der Waals surface area contributed by atoms with Gasteiger partial charge in [0.1, 0.15) is 10.8 Å². The van der Waals surface area contributed by atoms with Crippen LogP contribution in [0.4, 0.5) is 10.8 Å². The Morgan fingerprint density at radius 3 is 2.48 bits per heavy atom. The summed E-state index contributed by atoms with van der Waals surface area (Å²) in [4.78, 5) is 23.9. The number of ether oxygens (including phenoxy) is 1. The lowest BCUT2D eigenvalue weighted by molar-refractivity contribution is -0.114. The van der Waals surface area contributed by atoms with E-state index in [1.165, 1.54) is 37.5 Å². The fourth-order valence-electron chi connectivity index (χ4n) is 2.50. The molecule has 0 atom stereocenters. The largest absolute Gasteiger partial charge is 0.496 e. The fourth-order valence-corrected chi connectivity index (χ4v) is 3.61. The number of methoxy groups -OCH3 is 1. The summed E-state index contributed by atoms with van der Waals surface area (Å²) in [6.45, 7) is 1.36. The van der Waals surface area contributed by atoms with Gasteiger partial charge in [0.2, 0.25) is 11.0 Å². The van der Waals surface area contributed by atoms with Crippen LogP contribution < -0.4 is 15.4 Å². The normalized spacial score (nSPS) is 10.5. The van der Waals surface area contributed by atoms with Gasteiger partial charge in [0.05, 0.1) is 23.4 Å². The zero-order valence-corrected chi connectivity index (χ0v) is 17.8. The highest BCUT2D eigenvalue weighted by Crippen LogP contribution is 2.32. The molecule has 0 saturated carbocycles. The number of carbonyl (C=O) groups is 2. The average molecular weight is 451 g/mol. The van der Waals surface area contributed by atoms with Crippen LogP contribution in [0.25, 0.3) is 0 Å². The number of nitrogens with one attached hydrogen (secondary N) is 2. The maximum absolute atomic E-state index is 12.7. The molecule has 0 aliphatic rings. The number of carbonyl (C=O) groups excluding carboxylic acids is 2. The third-order valence-electron chi connectivity index (χ3n) is 3.80. The molecule has 0 radical (unpaired) electrons. The summed E-state index contributed by atoms with van der Waals surface area (Å²) in [6, 6.07) is 10.3. The summed E-state index contributed by atoms with van der Waals surface area (Å²) in [5.74, 6) is -0.470. The highest BCUT2D eigenvalue weighted by Gasteiger charge is 2.18. The second-order valence-electron chi connectivity index (χ2n) is 5.97. The van der Waals surface area contributed by atoms with Crippen molar-refractivity contribution in [1.82, 2.24) is 10.2 Å². The van der Waals surface area contributed by atoms with Crippen molar-refractivity contribution in [2.45, 2.75) is 13.3 Å². The number of nitrogens with zero attached hydrogens (tertiary/aromatic N) is 2. The molecule has 0 spiro atoms. The summed E-state index contributed by atoms with van der Waals surface area (Å²) < 4.78 is 5.26. The van der Waals surface area contributed by atoms with Gasteiger partial charge >= 0.3 is 0 Å². The van der Waals surface area contributed by atoms with E-state index in [4.69, 9.17) is 27.9 Å². The van der Waals surface area contributed by atoms with Crippen LogP contribution in [0.3, 0.4) is 0 Å². The first kappa shape index (κ1) is 21.0. The standard InChI is InChI=1S/C19H16Cl2N4O3S/c1-10(26)22-15-9-16(28-2)13(8-14(15)21)18(27)23-19-25-24-17(29-19)7-11-3-5-12(20)6-4-11/h3-6,8-9H,7H2,1-2H3,(H,22,26)(H,23,25,27). The SMILES string of the molecule is COc1cc(NC(C)=O)c(Cl)cc1C(=O)Nc1nnc(Cc2ccc(Cl)cc2)s1. The molecule has 7 nitrogen and oxygen atoms in total. The first-order valence-corrected chi connectivity index (χ1v) is 9.96. The van der Waals surface area contributed by atoms with E-state index in [9.17, 15) is 9.59 Å². The van der Waals surface area contributed by atoms with Crippen molar-refractivity contribution in [3.63, 3.8) is 0 Å². The minimum atomic E-state index is -0.452. The molecule has 3 rings (SSSR count). The van der Waals surface area contributed by atoms with E-state index in [0.29, 0.717) is 22.3 Å². The topological polar surface area (TPSA) is 93.2 Å². The van der Waals surface area contributed by atoms with E-state index >= 15 is 0 Å². The van der Waals surface area contributed by atoms with E-state index in [-0.39, 0.29) is 22.2 Å². The van der Waals surface area contributed by atoms with Crippen LogP contribution in [0.1, 0.15) is 27.9 Å². The number of amides is 2. The molecule has 0 fully saturated rings. The van der Waals surface area contributed by atoms with Crippen LogP contribution in [0, 0.1) is 0 Å². The number of benzene rings is 2. The van der Waals surface area contributed by atoms with Gasteiger partial charge in [-0.15, -0.1) is 10.2 Å². The third kappa shape index (κ3) is 5.44. The van der Waals surface area contributed by atoms with E-state index < -0.39 is 5.91 Å². The van der Waals surface area contributed by atoms with E-state index in [1.807, 2.05) is 12.1 Å². The highest BCUT2D eigenvalue weighted by molar-refractivity contribution is 7.15. The molecule has 2 aromatic carbocycles. The maximum Gasteiger partial charge on any atom is 0.261 e. The summed E-state index contributed by atoms with van der Waals surface area (Å²) in [5, 5.41) is 15.4. The molecule has 0 aliphatic heterocycles. The second kappa shape index (κ2) is 9.21. The number of halogens is 2. The van der Waals surface area contributed by atoms with Gasteiger partial charge in [-0.3, -0.25) is 14.9 Å². The third-order valence-corrected chi connectivity index (χ3v) is 5.20. The molecule has 2 amide bonds. The van der Waals surface area contributed by atoms with Crippen LogP contribution in [0.2, 0.25) is 10.0 Å². The predicted molar refractivity (Wildman–Crippen MR) is 114 cm³/mol. The number of aromatic nitrogens is 2. The van der Waals surface area contributed by atoms with Gasteiger partial charge in [0.25, 0.3) is 5.91 Å². The van der Waals surface area contributed by atoms with Crippen LogP contribution in [-0.4, -0.2) is 29.1 Å². The van der Waals surface area contributed by atoms with Crippen LogP contribution in [0.5, 0.6) is 5.75 Å². The van der Waals surface area contributed by atoms with Gasteiger partial charge in [-0.2, -0.15) is 0 Å². The smallest absolute Gasteiger partial charge is 0.261 e. The van der Waals surface area contributed by atoms with Crippen LogP contribution in [-0.2, 0) is 11.2 Å². The second-order valence-corrected chi connectivity index (χ2v) is 7.88. The summed E-state index contributed by atoms with van der Waals surface area (Å²) in [7, 11) is 1.42. The molecule has 29 heavy (non-hydrogen) atoms. The van der Waals surface area contributed by atoms with Crippen molar-refractivity contribution in [3.8, 4) is 5.75 Å². The first-order valence-electron chi connectivity index (χ1n) is 8.39. The molecule has 0 saturated heterocycles. The maximum atomic E-state index is 12.7. The molecule has 150 valence electrons. The molecule has 1 aromatic heterocycles. The molecular weight excluding hydrogens is 435 g/mol. The van der Waals surface area contributed by atoms with Crippen molar-refractivity contribution < 1.29 is 14.3 Å². The van der Waals surface area contributed by atoms with Gasteiger partial charge in [-0.05, 0) is 23.8 Å². The van der Waals surface area contributed by atoms with Crippen LogP contribution >= 0.6 is 34.5 Å². The summed E-state index contributed by atoms with van der Waals surface area (Å²) >= 11 is 13.3. The summed E-state index contributed by atoms with van der Waals surface area (Å²) in [6.07, 6.45) is 0.575. The Hall–Kier alpha value is -2.68. The van der Waals surface area contributed by atoms with Gasteiger partial charge in [0, 0.05) is 24.4 Å². The van der Waals surface area contributed by atoms with Crippen molar-refractivity contribution in [3.05, 3.63) is 62.6 Å². The molecule has 0 aliphatic carbocycles. The van der Waals surface area contributed by atoms with Crippen LogP contribution in [0.15, 0.2) is 36.4 Å². The lowest BCUT2D eigenvalue weighted by atomic mass is 10.1. The minimum absolute atomic E-state index is 0.209. The number of anilines is 2. The number of rotatable bonds is 6. The van der Waals surface area contributed by atoms with Gasteiger partial charge in [-0.25, -0.2) is 0 Å². The Labute approximate surface area is 181 Å². The molecule has 0 unspecified atom stereocenters. The molecule has 2 N–H and O–H groups in total. The minimum Gasteiger partial charge on any atom is -0.496 e. The number of hydrogen-bond acceptors (Lipinski definition) is 6. The molecule has 10 heteroatoms. The number of hydrogen-bond donors (Lipinski definition) is 2. The highest BCUT2D eigenvalue weighted by atomic mass is 35.5. The molecule has 1 heterocycles. The van der Waals surface area contributed by atoms with E-state index in [1.54, 1.807) is 12.1 Å².